The summed E-state index contributed by atoms with van der Waals surface area (Å²) in [5, 5.41) is 13.5. The van der Waals surface area contributed by atoms with Gasteiger partial charge in [-0.1, -0.05) is 11.6 Å². The van der Waals surface area contributed by atoms with Crippen LogP contribution in [0.2, 0.25) is 5.02 Å². The third-order valence-electron chi connectivity index (χ3n) is 4.30. The molecule has 0 saturated heterocycles. The lowest BCUT2D eigenvalue weighted by molar-refractivity contribution is 0.0555. The monoisotopic (exact) mass is 454 g/mol. The first-order chi connectivity index (χ1) is 14.8. The van der Waals surface area contributed by atoms with E-state index < -0.39 is 29.0 Å². The number of hydrogen-bond acceptors (Lipinski definition) is 7. The predicted octanol–water partition coefficient (Wildman–Crippen LogP) is 4.08. The van der Waals surface area contributed by atoms with Gasteiger partial charge in [-0.05, 0) is 12.1 Å². The molecule has 8 nitrogen and oxygen atoms in total. The van der Waals surface area contributed by atoms with Crippen molar-refractivity contribution in [1.82, 2.24) is 24.7 Å². The molecule has 4 aromatic rings. The summed E-state index contributed by atoms with van der Waals surface area (Å²) in [7, 11) is 0. The van der Waals surface area contributed by atoms with Gasteiger partial charge in [0, 0.05) is 11.6 Å². The Morgan fingerprint density at radius 2 is 1.97 bits per heavy atom. The van der Waals surface area contributed by atoms with Crippen LogP contribution in [0.3, 0.4) is 0 Å². The fourth-order valence-electron chi connectivity index (χ4n) is 2.93. The van der Waals surface area contributed by atoms with E-state index >= 15 is 0 Å². The normalized spacial score (nSPS) is 11.4. The first-order valence-electron chi connectivity index (χ1n) is 8.49. The van der Waals surface area contributed by atoms with Crippen molar-refractivity contribution in [3.05, 3.63) is 53.3 Å². The van der Waals surface area contributed by atoms with Crippen LogP contribution in [0, 0.1) is 11.6 Å². The number of alkyl halides is 2. The lowest BCUT2D eigenvalue weighted by atomic mass is 9.99. The van der Waals surface area contributed by atoms with Crippen LogP contribution in [-0.2, 0) is 6.61 Å². The molecule has 13 heteroatoms. The highest BCUT2D eigenvalue weighted by Crippen LogP contribution is 2.44. The van der Waals surface area contributed by atoms with Crippen LogP contribution < -0.4 is 10.5 Å². The summed E-state index contributed by atoms with van der Waals surface area (Å²) in [5.41, 5.74) is 5.59. The summed E-state index contributed by atoms with van der Waals surface area (Å²) >= 11 is 5.66. The van der Waals surface area contributed by atoms with Gasteiger partial charge in [-0.3, -0.25) is 0 Å². The lowest BCUT2D eigenvalue weighted by Crippen LogP contribution is -2.04. The van der Waals surface area contributed by atoms with Gasteiger partial charge in [-0.15, -0.1) is 5.10 Å². The van der Waals surface area contributed by atoms with Crippen molar-refractivity contribution in [3.63, 3.8) is 0 Å². The fourth-order valence-corrected chi connectivity index (χ4v) is 3.10. The third-order valence-corrected chi connectivity index (χ3v) is 4.65. The molecule has 2 aromatic carbocycles. The number of fused-ring (bicyclic) bond motifs is 1. The van der Waals surface area contributed by atoms with E-state index in [1.54, 1.807) is 0 Å². The Hall–Kier alpha value is -3.67. The quantitative estimate of drug-likeness (QED) is 0.345. The van der Waals surface area contributed by atoms with Crippen LogP contribution in [0.1, 0.15) is 12.4 Å². The molecule has 4 rings (SSSR count). The van der Waals surface area contributed by atoms with Crippen molar-refractivity contribution in [3.8, 4) is 22.6 Å². The summed E-state index contributed by atoms with van der Waals surface area (Å²) in [4.78, 5) is 11.6. The molecule has 160 valence electrons. The van der Waals surface area contributed by atoms with Crippen molar-refractivity contribution in [1.29, 1.82) is 0 Å². The van der Waals surface area contributed by atoms with E-state index in [0.717, 1.165) is 30.9 Å². The van der Waals surface area contributed by atoms with Gasteiger partial charge < -0.3 is 15.6 Å². The summed E-state index contributed by atoms with van der Waals surface area (Å²) in [5.74, 6) is -2.73. The zero-order valence-electron chi connectivity index (χ0n) is 15.2. The number of anilines is 1. The van der Waals surface area contributed by atoms with Gasteiger partial charge >= 0.3 is 6.55 Å². The van der Waals surface area contributed by atoms with E-state index in [1.165, 1.54) is 0 Å². The second-order valence-electron chi connectivity index (χ2n) is 6.18. The topological polar surface area (TPSA) is 112 Å². The molecule has 0 aliphatic rings. The fraction of sp³-hybridized carbons (Fsp3) is 0.111. The average molecular weight is 455 g/mol. The van der Waals surface area contributed by atoms with Crippen molar-refractivity contribution < 1.29 is 27.4 Å². The number of halogens is 5. The van der Waals surface area contributed by atoms with E-state index in [4.69, 9.17) is 22.1 Å². The predicted molar refractivity (Wildman–Crippen MR) is 102 cm³/mol. The largest absolute Gasteiger partial charge is 0.507 e. The minimum absolute atomic E-state index is 0.00450. The SMILES string of the molecule is Nc1ncnc2c(-c3ccc(F)c(Cl)c3F)c(O)cc(OCc3ncn(C(F)F)n3)c12. The number of ether oxygens (including phenoxy) is 1. The smallest absolute Gasteiger partial charge is 0.334 e. The average Bonchev–Trinajstić information content (AvgIpc) is 3.21. The Balaban J connectivity index is 1.82. The molecular formula is C18H11ClF4N6O2. The van der Waals surface area contributed by atoms with Crippen LogP contribution in [0.5, 0.6) is 11.5 Å². The molecule has 2 aromatic heterocycles. The van der Waals surface area contributed by atoms with Gasteiger partial charge in [-0.2, -0.15) is 13.5 Å². The molecule has 0 unspecified atom stereocenters. The van der Waals surface area contributed by atoms with Gasteiger partial charge in [0.2, 0.25) is 0 Å². The zero-order chi connectivity index (χ0) is 22.3. The number of nitrogens with zero attached hydrogens (tertiary/aromatic N) is 5. The minimum Gasteiger partial charge on any atom is -0.507 e. The number of aromatic nitrogens is 5. The zero-order valence-corrected chi connectivity index (χ0v) is 16.0. The Bertz CT molecular complexity index is 1300. The van der Waals surface area contributed by atoms with Crippen LogP contribution in [0.25, 0.3) is 22.0 Å². The number of phenolic OH excluding ortho intramolecular Hbond substituents is 1. The first-order valence-corrected chi connectivity index (χ1v) is 8.86. The van der Waals surface area contributed by atoms with Crippen LogP contribution >= 0.6 is 11.6 Å². The molecule has 3 N–H and O–H groups in total. The standard InChI is InChI=1S/C18H11ClF4N6O2/c19-14-8(20)2-1-7(15(14)21)12-9(30)3-10(13-16(12)25-5-26-17(13)24)31-4-11-27-6-29(28-11)18(22)23/h1-3,5-6,18,30H,4H2,(H2,24,25,26). The molecule has 0 atom stereocenters. The maximum atomic E-state index is 14.6. The molecule has 0 aliphatic heterocycles. The van der Waals surface area contributed by atoms with Crippen LogP contribution in [0.15, 0.2) is 30.9 Å². The van der Waals surface area contributed by atoms with Crippen molar-refractivity contribution >= 4 is 28.3 Å². The summed E-state index contributed by atoms with van der Waals surface area (Å²) in [6, 6.07) is 3.13. The molecule has 2 heterocycles. The maximum Gasteiger partial charge on any atom is 0.334 e. The van der Waals surface area contributed by atoms with E-state index in [1.807, 2.05) is 0 Å². The van der Waals surface area contributed by atoms with Crippen molar-refractivity contribution in [2.45, 2.75) is 13.2 Å². The number of rotatable bonds is 5. The molecule has 0 amide bonds. The highest BCUT2D eigenvalue weighted by Gasteiger charge is 2.23. The number of hydrogen-bond donors (Lipinski definition) is 2. The van der Waals surface area contributed by atoms with Gasteiger partial charge in [0.25, 0.3) is 0 Å². The van der Waals surface area contributed by atoms with Gasteiger partial charge in [0.05, 0.1) is 16.5 Å². The Labute approximate surface area is 175 Å². The van der Waals surface area contributed by atoms with E-state index in [0.29, 0.717) is 4.68 Å². The minimum atomic E-state index is -2.87. The van der Waals surface area contributed by atoms with Gasteiger partial charge in [0.15, 0.2) is 11.6 Å². The molecule has 0 radical (unpaired) electrons. The van der Waals surface area contributed by atoms with E-state index in [9.17, 15) is 22.7 Å². The van der Waals surface area contributed by atoms with Crippen LogP contribution in [0.4, 0.5) is 23.4 Å². The highest BCUT2D eigenvalue weighted by atomic mass is 35.5. The molecule has 0 aliphatic carbocycles. The van der Waals surface area contributed by atoms with Crippen molar-refractivity contribution in [2.75, 3.05) is 5.73 Å². The summed E-state index contributed by atoms with van der Waals surface area (Å²) in [6.45, 7) is -3.22. The number of nitrogen functional groups attached to an aromatic ring is 1. The Morgan fingerprint density at radius 1 is 1.19 bits per heavy atom. The molecule has 31 heavy (non-hydrogen) atoms. The van der Waals surface area contributed by atoms with E-state index in [-0.39, 0.29) is 46.0 Å². The highest BCUT2D eigenvalue weighted by molar-refractivity contribution is 6.31. The Kier molecular flexibility index (Phi) is 5.23. The summed E-state index contributed by atoms with van der Waals surface area (Å²) < 4.78 is 59.4. The van der Waals surface area contributed by atoms with Crippen LogP contribution in [-0.4, -0.2) is 29.8 Å². The number of phenols is 1. The number of aromatic hydroxyl groups is 1. The molecule has 0 bridgehead atoms. The van der Waals surface area contributed by atoms with Crippen molar-refractivity contribution in [2.24, 2.45) is 0 Å². The number of benzene rings is 2. The Morgan fingerprint density at radius 3 is 2.68 bits per heavy atom. The number of nitrogens with two attached hydrogens (primary N) is 1. The van der Waals surface area contributed by atoms with Gasteiger partial charge in [-0.25, -0.2) is 23.7 Å². The maximum absolute atomic E-state index is 14.6. The molecule has 0 spiro atoms. The second-order valence-corrected chi connectivity index (χ2v) is 6.56. The molecule has 0 saturated carbocycles. The molecule has 0 fully saturated rings. The summed E-state index contributed by atoms with van der Waals surface area (Å²) in [6.07, 6.45) is 1.92. The third kappa shape index (κ3) is 3.65. The lowest BCUT2D eigenvalue weighted by Gasteiger charge is -2.15. The van der Waals surface area contributed by atoms with Gasteiger partial charge in [0.1, 0.15) is 47.4 Å². The van der Waals surface area contributed by atoms with E-state index in [2.05, 4.69) is 20.1 Å². The molecular weight excluding hydrogens is 444 g/mol. The first kappa shape index (κ1) is 20.6. The second kappa shape index (κ2) is 7.87.